The Morgan fingerprint density at radius 2 is 1.80 bits per heavy atom. The zero-order chi connectivity index (χ0) is 17.6. The van der Waals surface area contributed by atoms with Gasteiger partial charge in [0.1, 0.15) is 5.75 Å². The van der Waals surface area contributed by atoms with Gasteiger partial charge in [-0.05, 0) is 55.1 Å². The summed E-state index contributed by atoms with van der Waals surface area (Å²) in [5.41, 5.74) is 3.43. The number of aromatic nitrogens is 2. The van der Waals surface area contributed by atoms with Crippen LogP contribution < -0.4 is 10.1 Å². The van der Waals surface area contributed by atoms with Crippen LogP contribution in [0.2, 0.25) is 0 Å². The molecule has 5 heteroatoms. The van der Waals surface area contributed by atoms with E-state index in [1.54, 1.807) is 11.8 Å². The molecule has 0 saturated heterocycles. The molecule has 4 nitrogen and oxygen atoms in total. The van der Waals surface area contributed by atoms with E-state index in [0.29, 0.717) is 6.61 Å². The van der Waals surface area contributed by atoms with E-state index in [4.69, 9.17) is 4.74 Å². The van der Waals surface area contributed by atoms with Crippen LogP contribution >= 0.6 is 11.8 Å². The van der Waals surface area contributed by atoms with Gasteiger partial charge in [-0.3, -0.25) is 0 Å². The fraction of sp³-hybridized carbons (Fsp3) is 0.250. The molecule has 3 aromatic rings. The summed E-state index contributed by atoms with van der Waals surface area (Å²) in [4.78, 5) is 5.79. The number of rotatable bonds is 7. The van der Waals surface area contributed by atoms with Gasteiger partial charge in [0, 0.05) is 24.1 Å². The molecule has 1 N–H and O–H groups in total. The summed E-state index contributed by atoms with van der Waals surface area (Å²) in [5.74, 6) is 1.75. The standard InChI is InChI=1S/C20H23N3OS/c1-4-24-17-9-7-16(8-10-17)19-14-22-20(23(19)2)21-13-15-5-11-18(25-3)12-6-15/h5-12,14H,4,13H2,1-3H3,(H,21,22). The summed E-state index contributed by atoms with van der Waals surface area (Å²) in [6, 6.07) is 16.7. The van der Waals surface area contributed by atoms with Gasteiger partial charge in [-0.25, -0.2) is 4.98 Å². The molecular weight excluding hydrogens is 330 g/mol. The lowest BCUT2D eigenvalue weighted by Gasteiger charge is -2.09. The number of nitrogens with one attached hydrogen (secondary N) is 1. The Balaban J connectivity index is 1.69. The maximum absolute atomic E-state index is 5.50. The molecule has 0 saturated carbocycles. The van der Waals surface area contributed by atoms with E-state index in [0.717, 1.165) is 29.5 Å². The van der Waals surface area contributed by atoms with Crippen LogP contribution in [-0.2, 0) is 13.6 Å². The van der Waals surface area contributed by atoms with E-state index in [-0.39, 0.29) is 0 Å². The molecule has 0 fully saturated rings. The van der Waals surface area contributed by atoms with Crippen molar-refractivity contribution in [2.45, 2.75) is 18.4 Å². The highest BCUT2D eigenvalue weighted by molar-refractivity contribution is 7.98. The smallest absolute Gasteiger partial charge is 0.203 e. The molecule has 130 valence electrons. The van der Waals surface area contributed by atoms with Gasteiger partial charge in [-0.2, -0.15) is 0 Å². The maximum atomic E-state index is 5.50. The van der Waals surface area contributed by atoms with Crippen LogP contribution in [0.1, 0.15) is 12.5 Å². The minimum Gasteiger partial charge on any atom is -0.494 e. The lowest BCUT2D eigenvalue weighted by atomic mass is 10.1. The third-order valence-corrected chi connectivity index (χ3v) is 4.80. The molecule has 0 bridgehead atoms. The number of nitrogens with zero attached hydrogens (tertiary/aromatic N) is 2. The summed E-state index contributed by atoms with van der Waals surface area (Å²) in [6.07, 6.45) is 3.98. The topological polar surface area (TPSA) is 39.1 Å². The Morgan fingerprint density at radius 1 is 1.08 bits per heavy atom. The van der Waals surface area contributed by atoms with E-state index in [9.17, 15) is 0 Å². The molecule has 0 unspecified atom stereocenters. The summed E-state index contributed by atoms with van der Waals surface area (Å²) in [7, 11) is 2.03. The highest BCUT2D eigenvalue weighted by atomic mass is 32.2. The predicted molar refractivity (Wildman–Crippen MR) is 105 cm³/mol. The summed E-state index contributed by atoms with van der Waals surface area (Å²) in [6.45, 7) is 3.42. The largest absolute Gasteiger partial charge is 0.494 e. The highest BCUT2D eigenvalue weighted by Gasteiger charge is 2.08. The first-order valence-corrected chi connectivity index (χ1v) is 9.55. The Morgan fingerprint density at radius 3 is 2.44 bits per heavy atom. The van der Waals surface area contributed by atoms with Crippen molar-refractivity contribution in [3.63, 3.8) is 0 Å². The minimum atomic E-state index is 0.678. The van der Waals surface area contributed by atoms with E-state index >= 15 is 0 Å². The van der Waals surface area contributed by atoms with E-state index < -0.39 is 0 Å². The molecule has 1 heterocycles. The molecule has 0 aliphatic carbocycles. The van der Waals surface area contributed by atoms with Gasteiger partial charge < -0.3 is 14.6 Å². The van der Waals surface area contributed by atoms with Gasteiger partial charge >= 0.3 is 0 Å². The van der Waals surface area contributed by atoms with Crippen LogP contribution in [0.25, 0.3) is 11.3 Å². The molecule has 2 aromatic carbocycles. The van der Waals surface area contributed by atoms with Crippen molar-refractivity contribution >= 4 is 17.7 Å². The Hall–Kier alpha value is -2.40. The number of hydrogen-bond acceptors (Lipinski definition) is 4. The normalized spacial score (nSPS) is 10.7. The van der Waals surface area contributed by atoms with E-state index in [1.807, 2.05) is 32.3 Å². The van der Waals surface area contributed by atoms with Crippen LogP contribution in [0.4, 0.5) is 5.95 Å². The quantitative estimate of drug-likeness (QED) is 0.618. The van der Waals surface area contributed by atoms with Crippen molar-refractivity contribution in [2.75, 3.05) is 18.2 Å². The molecule has 3 rings (SSSR count). The number of imidazole rings is 1. The number of benzene rings is 2. The fourth-order valence-electron chi connectivity index (χ4n) is 2.66. The third-order valence-electron chi connectivity index (χ3n) is 4.06. The number of ether oxygens (including phenoxy) is 1. The maximum Gasteiger partial charge on any atom is 0.203 e. The van der Waals surface area contributed by atoms with Crippen molar-refractivity contribution in [1.82, 2.24) is 9.55 Å². The zero-order valence-corrected chi connectivity index (χ0v) is 15.6. The van der Waals surface area contributed by atoms with Crippen molar-refractivity contribution in [3.05, 3.63) is 60.3 Å². The van der Waals surface area contributed by atoms with Crippen molar-refractivity contribution in [1.29, 1.82) is 0 Å². The SMILES string of the molecule is CCOc1ccc(-c2cnc(NCc3ccc(SC)cc3)n2C)cc1. The second-order valence-corrected chi connectivity index (χ2v) is 6.56. The second kappa shape index (κ2) is 8.12. The number of thioether (sulfide) groups is 1. The average Bonchev–Trinajstić information content (AvgIpc) is 3.02. The minimum absolute atomic E-state index is 0.678. The van der Waals surface area contributed by atoms with Crippen LogP contribution in [0.15, 0.2) is 59.6 Å². The van der Waals surface area contributed by atoms with Gasteiger partial charge in [0.25, 0.3) is 0 Å². The van der Waals surface area contributed by atoms with Crippen molar-refractivity contribution < 1.29 is 4.74 Å². The number of anilines is 1. The first kappa shape index (κ1) is 17.4. The van der Waals surface area contributed by atoms with E-state index in [1.165, 1.54) is 10.5 Å². The molecular formula is C20H23N3OS. The Bertz CT molecular complexity index is 810. The van der Waals surface area contributed by atoms with Crippen LogP contribution in [0.5, 0.6) is 5.75 Å². The molecule has 0 radical (unpaired) electrons. The van der Waals surface area contributed by atoms with Crippen molar-refractivity contribution in [2.24, 2.45) is 7.05 Å². The highest BCUT2D eigenvalue weighted by Crippen LogP contribution is 2.24. The van der Waals surface area contributed by atoms with Gasteiger partial charge in [0.15, 0.2) is 0 Å². The van der Waals surface area contributed by atoms with Crippen LogP contribution in [0.3, 0.4) is 0 Å². The first-order valence-electron chi connectivity index (χ1n) is 8.33. The monoisotopic (exact) mass is 353 g/mol. The fourth-order valence-corrected chi connectivity index (χ4v) is 3.06. The van der Waals surface area contributed by atoms with Crippen LogP contribution in [-0.4, -0.2) is 22.4 Å². The second-order valence-electron chi connectivity index (χ2n) is 5.69. The zero-order valence-electron chi connectivity index (χ0n) is 14.8. The lowest BCUT2D eigenvalue weighted by molar-refractivity contribution is 0.340. The lowest BCUT2D eigenvalue weighted by Crippen LogP contribution is -2.05. The Labute approximate surface area is 153 Å². The molecule has 25 heavy (non-hydrogen) atoms. The predicted octanol–water partition coefficient (Wildman–Crippen LogP) is 4.82. The molecule has 0 aliphatic rings. The van der Waals surface area contributed by atoms with E-state index in [2.05, 4.69) is 57.5 Å². The summed E-state index contributed by atoms with van der Waals surface area (Å²) in [5, 5.41) is 3.41. The molecule has 0 aliphatic heterocycles. The van der Waals surface area contributed by atoms with Gasteiger partial charge in [-0.15, -0.1) is 11.8 Å². The molecule has 0 amide bonds. The third kappa shape index (κ3) is 4.17. The summed E-state index contributed by atoms with van der Waals surface area (Å²) < 4.78 is 7.58. The Kier molecular flexibility index (Phi) is 5.66. The van der Waals surface area contributed by atoms with Crippen molar-refractivity contribution in [3.8, 4) is 17.0 Å². The first-order chi connectivity index (χ1) is 12.2. The van der Waals surface area contributed by atoms with Crippen LogP contribution in [0, 0.1) is 0 Å². The van der Waals surface area contributed by atoms with Gasteiger partial charge in [0.2, 0.25) is 5.95 Å². The molecule has 0 spiro atoms. The summed E-state index contributed by atoms with van der Waals surface area (Å²) >= 11 is 1.75. The number of hydrogen-bond donors (Lipinski definition) is 1. The average molecular weight is 353 g/mol. The molecule has 1 aromatic heterocycles. The van der Waals surface area contributed by atoms with Gasteiger partial charge in [-0.1, -0.05) is 12.1 Å². The molecule has 0 atom stereocenters. The van der Waals surface area contributed by atoms with Gasteiger partial charge in [0.05, 0.1) is 18.5 Å².